The molecule has 0 aliphatic rings. The number of hydrogen-bond acceptors (Lipinski definition) is 4. The monoisotopic (exact) mass is 280 g/mol. The average molecular weight is 280 g/mol. The van der Waals surface area contributed by atoms with Gasteiger partial charge in [0.1, 0.15) is 5.75 Å². The number of methoxy groups -OCH3 is 1. The topological polar surface area (TPSA) is 61.8 Å². The predicted molar refractivity (Wildman–Crippen MR) is 78.7 cm³/mol. The minimum Gasteiger partial charge on any atom is -0.496 e. The molecule has 0 atom stereocenters. The van der Waals surface area contributed by atoms with Gasteiger partial charge in [0.15, 0.2) is 0 Å². The molecular weight excluding hydrogens is 256 g/mol. The molecule has 1 aromatic carbocycles. The maximum Gasteiger partial charge on any atom is 0.234 e. The molecule has 0 aliphatic carbocycles. The molecule has 0 fully saturated rings. The highest BCUT2D eigenvalue weighted by Crippen LogP contribution is 2.16. The largest absolute Gasteiger partial charge is 0.496 e. The fraction of sp³-hybridized carbons (Fsp3) is 0.533. The van der Waals surface area contributed by atoms with Crippen molar-refractivity contribution in [2.75, 3.05) is 33.4 Å². The van der Waals surface area contributed by atoms with Crippen molar-refractivity contribution in [3.8, 4) is 5.75 Å². The van der Waals surface area contributed by atoms with Gasteiger partial charge in [0, 0.05) is 18.7 Å². The Kier molecular flexibility index (Phi) is 7.69. The molecule has 0 bridgehead atoms. The number of aliphatic hydroxyl groups excluding tert-OH is 1. The summed E-state index contributed by atoms with van der Waals surface area (Å²) in [7, 11) is 1.62. The van der Waals surface area contributed by atoms with E-state index in [0.29, 0.717) is 19.6 Å². The first kappa shape index (κ1) is 16.5. The smallest absolute Gasteiger partial charge is 0.234 e. The number of ether oxygens (including phenoxy) is 1. The van der Waals surface area contributed by atoms with Crippen LogP contribution in [0.1, 0.15) is 18.9 Å². The Bertz CT molecular complexity index is 404. The molecule has 1 amide bonds. The Balaban J connectivity index is 2.45. The van der Waals surface area contributed by atoms with Crippen molar-refractivity contribution in [2.45, 2.75) is 19.9 Å². The lowest BCUT2D eigenvalue weighted by molar-refractivity contribution is -0.122. The average Bonchev–Trinajstić information content (AvgIpc) is 2.46. The Hall–Kier alpha value is -1.59. The van der Waals surface area contributed by atoms with Gasteiger partial charge in [-0.3, -0.25) is 9.69 Å². The van der Waals surface area contributed by atoms with E-state index in [9.17, 15) is 4.79 Å². The molecule has 5 nitrogen and oxygen atoms in total. The van der Waals surface area contributed by atoms with Crippen molar-refractivity contribution in [1.82, 2.24) is 10.2 Å². The van der Waals surface area contributed by atoms with E-state index in [1.54, 1.807) is 7.11 Å². The van der Waals surface area contributed by atoms with Gasteiger partial charge in [-0.1, -0.05) is 25.1 Å². The van der Waals surface area contributed by atoms with Gasteiger partial charge in [0.25, 0.3) is 0 Å². The number of carbonyl (C=O) groups excluding carboxylic acids is 1. The van der Waals surface area contributed by atoms with Crippen molar-refractivity contribution >= 4 is 5.91 Å². The van der Waals surface area contributed by atoms with Gasteiger partial charge in [0.05, 0.1) is 20.3 Å². The van der Waals surface area contributed by atoms with Crippen LogP contribution < -0.4 is 10.1 Å². The van der Waals surface area contributed by atoms with Crippen LogP contribution in [-0.4, -0.2) is 49.3 Å². The van der Waals surface area contributed by atoms with Crippen molar-refractivity contribution in [2.24, 2.45) is 0 Å². The number of rotatable bonds is 9. The number of hydrogen-bond donors (Lipinski definition) is 2. The van der Waals surface area contributed by atoms with Crippen molar-refractivity contribution in [3.63, 3.8) is 0 Å². The minimum absolute atomic E-state index is 0.0437. The van der Waals surface area contributed by atoms with Crippen LogP contribution in [0.25, 0.3) is 0 Å². The van der Waals surface area contributed by atoms with E-state index in [2.05, 4.69) is 12.2 Å². The van der Waals surface area contributed by atoms with Crippen LogP contribution in [0.5, 0.6) is 5.75 Å². The van der Waals surface area contributed by atoms with E-state index in [-0.39, 0.29) is 12.5 Å². The second-order valence-electron chi connectivity index (χ2n) is 4.59. The highest BCUT2D eigenvalue weighted by Gasteiger charge is 2.10. The van der Waals surface area contributed by atoms with Crippen molar-refractivity contribution in [3.05, 3.63) is 29.8 Å². The zero-order chi connectivity index (χ0) is 14.8. The lowest BCUT2D eigenvalue weighted by atomic mass is 10.2. The molecule has 0 saturated heterocycles. The molecule has 0 heterocycles. The number of benzene rings is 1. The molecule has 1 rings (SSSR count). The Morgan fingerprint density at radius 3 is 2.75 bits per heavy atom. The summed E-state index contributed by atoms with van der Waals surface area (Å²) in [6.45, 7) is 4.21. The molecule has 2 N–H and O–H groups in total. The summed E-state index contributed by atoms with van der Waals surface area (Å²) in [6.07, 6.45) is 0.958. The first-order valence-corrected chi connectivity index (χ1v) is 6.93. The quantitative estimate of drug-likeness (QED) is 0.709. The van der Waals surface area contributed by atoms with Gasteiger partial charge in [0.2, 0.25) is 5.91 Å². The first-order valence-electron chi connectivity index (χ1n) is 6.93. The van der Waals surface area contributed by atoms with Crippen molar-refractivity contribution in [1.29, 1.82) is 0 Å². The molecule has 0 saturated carbocycles. The third kappa shape index (κ3) is 5.59. The fourth-order valence-corrected chi connectivity index (χ4v) is 2.03. The van der Waals surface area contributed by atoms with Crippen LogP contribution in [0.4, 0.5) is 0 Å². The number of nitrogens with zero attached hydrogens (tertiary/aromatic N) is 1. The Morgan fingerprint density at radius 1 is 1.35 bits per heavy atom. The van der Waals surface area contributed by atoms with Crippen LogP contribution >= 0.6 is 0 Å². The summed E-state index contributed by atoms with van der Waals surface area (Å²) >= 11 is 0. The van der Waals surface area contributed by atoms with Gasteiger partial charge in [-0.2, -0.15) is 0 Å². The highest BCUT2D eigenvalue weighted by molar-refractivity contribution is 5.78. The number of carbonyl (C=O) groups is 1. The molecule has 5 heteroatoms. The standard InChI is InChI=1S/C15H24N2O3/c1-3-8-17(9-10-18)12-15(19)16-11-13-6-4-5-7-14(13)20-2/h4-7,18H,3,8-12H2,1-2H3,(H,16,19). The third-order valence-electron chi connectivity index (χ3n) is 2.99. The second kappa shape index (κ2) is 9.34. The molecule has 0 spiro atoms. The summed E-state index contributed by atoms with van der Waals surface area (Å²) in [6, 6.07) is 7.61. The number of aliphatic hydroxyl groups is 1. The second-order valence-corrected chi connectivity index (χ2v) is 4.59. The van der Waals surface area contributed by atoms with E-state index in [1.807, 2.05) is 29.2 Å². The van der Waals surface area contributed by atoms with Crippen molar-refractivity contribution < 1.29 is 14.6 Å². The summed E-state index contributed by atoms with van der Waals surface area (Å²) in [5, 5.41) is 11.8. The van der Waals surface area contributed by atoms with E-state index < -0.39 is 0 Å². The van der Waals surface area contributed by atoms with E-state index in [1.165, 1.54) is 0 Å². The molecule has 0 aromatic heterocycles. The normalized spacial score (nSPS) is 10.6. The molecule has 20 heavy (non-hydrogen) atoms. The van der Waals surface area contributed by atoms with E-state index in [0.717, 1.165) is 24.3 Å². The Morgan fingerprint density at radius 2 is 2.10 bits per heavy atom. The van der Waals surface area contributed by atoms with Gasteiger partial charge < -0.3 is 15.2 Å². The summed E-state index contributed by atoms with van der Waals surface area (Å²) < 4.78 is 5.24. The molecule has 0 unspecified atom stereocenters. The van der Waals surface area contributed by atoms with Gasteiger partial charge >= 0.3 is 0 Å². The fourth-order valence-electron chi connectivity index (χ4n) is 2.03. The zero-order valence-corrected chi connectivity index (χ0v) is 12.3. The van der Waals surface area contributed by atoms with Crippen LogP contribution in [0.3, 0.4) is 0 Å². The molecular formula is C15H24N2O3. The highest BCUT2D eigenvalue weighted by atomic mass is 16.5. The first-order chi connectivity index (χ1) is 9.71. The van der Waals surface area contributed by atoms with Gasteiger partial charge in [-0.15, -0.1) is 0 Å². The Labute approximate surface area is 120 Å². The van der Waals surface area contributed by atoms with E-state index >= 15 is 0 Å². The zero-order valence-electron chi connectivity index (χ0n) is 12.3. The van der Waals surface area contributed by atoms with Crippen LogP contribution in [0.15, 0.2) is 24.3 Å². The van der Waals surface area contributed by atoms with Crippen LogP contribution in [0, 0.1) is 0 Å². The third-order valence-corrected chi connectivity index (χ3v) is 2.99. The van der Waals surface area contributed by atoms with E-state index in [4.69, 9.17) is 9.84 Å². The minimum atomic E-state index is -0.0437. The predicted octanol–water partition coefficient (Wildman–Crippen LogP) is 1.02. The van der Waals surface area contributed by atoms with Gasteiger partial charge in [-0.05, 0) is 19.0 Å². The SMILES string of the molecule is CCCN(CCO)CC(=O)NCc1ccccc1OC. The summed E-state index contributed by atoms with van der Waals surface area (Å²) in [4.78, 5) is 13.8. The number of nitrogens with one attached hydrogen (secondary N) is 1. The van der Waals surface area contributed by atoms with Crippen LogP contribution in [0.2, 0.25) is 0 Å². The maximum atomic E-state index is 11.9. The summed E-state index contributed by atoms with van der Waals surface area (Å²) in [5.41, 5.74) is 0.951. The van der Waals surface area contributed by atoms with Crippen LogP contribution in [-0.2, 0) is 11.3 Å². The molecule has 0 radical (unpaired) electrons. The summed E-state index contributed by atoms with van der Waals surface area (Å²) in [5.74, 6) is 0.728. The number of para-hydroxylation sites is 1. The number of amides is 1. The lowest BCUT2D eigenvalue weighted by Gasteiger charge is -2.20. The molecule has 1 aromatic rings. The lowest BCUT2D eigenvalue weighted by Crippen LogP contribution is -2.38. The van der Waals surface area contributed by atoms with Gasteiger partial charge in [-0.25, -0.2) is 0 Å². The maximum absolute atomic E-state index is 11.9. The molecule has 0 aliphatic heterocycles. The molecule has 112 valence electrons.